The van der Waals surface area contributed by atoms with Gasteiger partial charge in [0, 0.05) is 16.5 Å². The Morgan fingerprint density at radius 2 is 0.837 bits per heavy atom. The first-order chi connectivity index (χ1) is 24.3. The van der Waals surface area contributed by atoms with Crippen molar-refractivity contribution in [1.82, 2.24) is 9.97 Å². The molecule has 0 atom stereocenters. The summed E-state index contributed by atoms with van der Waals surface area (Å²) < 4.78 is 6.53. The van der Waals surface area contributed by atoms with Gasteiger partial charge < -0.3 is 4.42 Å². The van der Waals surface area contributed by atoms with Crippen LogP contribution in [-0.4, -0.2) is 9.97 Å². The first-order valence-corrected chi connectivity index (χ1v) is 16.6. The van der Waals surface area contributed by atoms with Crippen molar-refractivity contribution in [3.63, 3.8) is 0 Å². The molecule has 0 aliphatic rings. The van der Waals surface area contributed by atoms with Gasteiger partial charge in [0.1, 0.15) is 5.58 Å². The number of fused-ring (bicyclic) bond motifs is 9. The summed E-state index contributed by atoms with van der Waals surface area (Å²) in [5.41, 5.74) is 8.71. The van der Waals surface area contributed by atoms with Gasteiger partial charge in [-0.3, -0.25) is 0 Å². The first-order valence-electron chi connectivity index (χ1n) is 16.6. The number of aromatic nitrogens is 2. The summed E-state index contributed by atoms with van der Waals surface area (Å²) in [6, 6.07) is 59.8. The van der Waals surface area contributed by atoms with Crippen LogP contribution in [0.15, 0.2) is 174 Å². The molecule has 10 aromatic rings. The van der Waals surface area contributed by atoms with Crippen LogP contribution in [-0.2, 0) is 0 Å². The van der Waals surface area contributed by atoms with Crippen molar-refractivity contribution in [2.24, 2.45) is 0 Å². The predicted molar refractivity (Wildman–Crippen MR) is 204 cm³/mol. The van der Waals surface area contributed by atoms with Gasteiger partial charge in [0.15, 0.2) is 5.82 Å². The largest absolute Gasteiger partial charge is 0.438 e. The average molecular weight is 625 g/mol. The van der Waals surface area contributed by atoms with Gasteiger partial charge in [0.05, 0.1) is 11.1 Å². The summed E-state index contributed by atoms with van der Waals surface area (Å²) in [4.78, 5) is 10.3. The van der Waals surface area contributed by atoms with Gasteiger partial charge in [-0.2, -0.15) is 4.98 Å². The molecule has 0 saturated carbocycles. The smallest absolute Gasteiger partial charge is 0.231 e. The summed E-state index contributed by atoms with van der Waals surface area (Å²) in [5.74, 6) is 0.632. The Bertz CT molecular complexity index is 2840. The van der Waals surface area contributed by atoms with Crippen molar-refractivity contribution >= 4 is 54.4 Å². The van der Waals surface area contributed by atoms with Crippen LogP contribution in [0.25, 0.3) is 99.3 Å². The van der Waals surface area contributed by atoms with Crippen molar-refractivity contribution in [2.75, 3.05) is 0 Å². The average Bonchev–Trinajstić information content (AvgIpc) is 3.56. The lowest BCUT2D eigenvalue weighted by Crippen LogP contribution is -1.94. The maximum absolute atomic E-state index is 6.53. The maximum Gasteiger partial charge on any atom is 0.231 e. The zero-order valence-electron chi connectivity index (χ0n) is 26.5. The van der Waals surface area contributed by atoms with Gasteiger partial charge in [0.25, 0.3) is 0 Å². The molecule has 0 saturated heterocycles. The highest BCUT2D eigenvalue weighted by Gasteiger charge is 2.19. The summed E-state index contributed by atoms with van der Waals surface area (Å²) >= 11 is 0. The Morgan fingerprint density at radius 3 is 1.53 bits per heavy atom. The molecule has 49 heavy (non-hydrogen) atoms. The number of furan rings is 1. The number of benzene rings is 8. The van der Waals surface area contributed by atoms with Gasteiger partial charge in [0.2, 0.25) is 5.71 Å². The summed E-state index contributed by atoms with van der Waals surface area (Å²) in [6.45, 7) is 0. The molecule has 0 fully saturated rings. The fourth-order valence-electron chi connectivity index (χ4n) is 7.34. The van der Waals surface area contributed by atoms with E-state index in [9.17, 15) is 0 Å². The third-order valence-corrected chi connectivity index (χ3v) is 9.69. The number of rotatable bonds is 4. The normalized spacial score (nSPS) is 11.7. The van der Waals surface area contributed by atoms with Crippen LogP contribution in [0.3, 0.4) is 0 Å². The van der Waals surface area contributed by atoms with E-state index in [0.717, 1.165) is 55.4 Å². The van der Waals surface area contributed by atoms with Gasteiger partial charge in [-0.05, 0) is 78.8 Å². The Balaban J connectivity index is 1.15. The van der Waals surface area contributed by atoms with Gasteiger partial charge in [-0.1, -0.05) is 146 Å². The van der Waals surface area contributed by atoms with E-state index in [0.29, 0.717) is 11.5 Å². The Hall–Kier alpha value is -6.58. The Morgan fingerprint density at radius 1 is 0.327 bits per heavy atom. The molecular formula is C46H28N2O. The number of nitrogens with zero attached hydrogens (tertiary/aromatic N) is 2. The second kappa shape index (κ2) is 11.0. The molecule has 3 heteroatoms. The van der Waals surface area contributed by atoms with Crippen LogP contribution < -0.4 is 0 Å². The highest BCUT2D eigenvalue weighted by Crippen LogP contribution is 2.40. The predicted octanol–water partition coefficient (Wildman–Crippen LogP) is 12.5. The molecule has 8 aromatic carbocycles. The zero-order valence-corrected chi connectivity index (χ0v) is 26.5. The highest BCUT2D eigenvalue weighted by atomic mass is 16.3. The summed E-state index contributed by atoms with van der Waals surface area (Å²) in [7, 11) is 0. The molecule has 2 aromatic heterocycles. The third-order valence-electron chi connectivity index (χ3n) is 9.69. The molecule has 0 N–H and O–H groups in total. The molecule has 10 rings (SSSR count). The van der Waals surface area contributed by atoms with Crippen molar-refractivity contribution < 1.29 is 4.42 Å². The third kappa shape index (κ3) is 4.51. The van der Waals surface area contributed by atoms with Crippen molar-refractivity contribution in [2.45, 2.75) is 0 Å². The van der Waals surface area contributed by atoms with Crippen LogP contribution >= 0.6 is 0 Å². The van der Waals surface area contributed by atoms with Crippen LogP contribution in [0, 0.1) is 0 Å². The Labute approximate surface area is 282 Å². The van der Waals surface area contributed by atoms with E-state index >= 15 is 0 Å². The highest BCUT2D eigenvalue weighted by molar-refractivity contribution is 6.25. The van der Waals surface area contributed by atoms with E-state index in [-0.39, 0.29) is 0 Å². The van der Waals surface area contributed by atoms with Gasteiger partial charge in [-0.25, -0.2) is 4.98 Å². The fourth-order valence-corrected chi connectivity index (χ4v) is 7.34. The molecule has 2 heterocycles. The second-order valence-electron chi connectivity index (χ2n) is 12.6. The van der Waals surface area contributed by atoms with E-state index in [1.165, 1.54) is 32.3 Å². The van der Waals surface area contributed by atoms with Crippen molar-refractivity contribution in [3.8, 4) is 44.9 Å². The number of hydrogen-bond acceptors (Lipinski definition) is 3. The van der Waals surface area contributed by atoms with E-state index in [1.807, 2.05) is 24.3 Å². The second-order valence-corrected chi connectivity index (χ2v) is 12.6. The van der Waals surface area contributed by atoms with E-state index in [1.54, 1.807) is 0 Å². The molecule has 3 nitrogen and oxygen atoms in total. The minimum atomic E-state index is 0.582. The molecule has 0 radical (unpaired) electrons. The molecule has 0 amide bonds. The van der Waals surface area contributed by atoms with Crippen LogP contribution in [0.2, 0.25) is 0 Å². The lowest BCUT2D eigenvalue weighted by molar-refractivity contribution is 0.654. The van der Waals surface area contributed by atoms with Crippen molar-refractivity contribution in [3.05, 3.63) is 170 Å². The van der Waals surface area contributed by atoms with Crippen LogP contribution in [0.1, 0.15) is 0 Å². The van der Waals surface area contributed by atoms with Crippen molar-refractivity contribution in [1.29, 1.82) is 0 Å². The van der Waals surface area contributed by atoms with Crippen LogP contribution in [0.5, 0.6) is 0 Å². The molecule has 0 bridgehead atoms. The van der Waals surface area contributed by atoms with E-state index in [2.05, 4.69) is 146 Å². The standard InChI is InChI=1S/C46H28N2O/c1-3-12-29(13-4-1)33-23-25-40-42(28-33)49-46-43(40)44(30-14-5-2-6-15-30)47-45(48-46)34-17-11-16-31(26-34)32-22-24-39-37-20-8-7-18-35(37)36-19-9-10-21-38(36)41(39)27-32/h1-28H. The monoisotopic (exact) mass is 624 g/mol. The summed E-state index contributed by atoms with van der Waals surface area (Å²) in [6.07, 6.45) is 0. The van der Waals surface area contributed by atoms with Gasteiger partial charge in [-0.15, -0.1) is 0 Å². The van der Waals surface area contributed by atoms with E-state index < -0.39 is 0 Å². The molecule has 0 unspecified atom stereocenters. The first kappa shape index (κ1) is 27.5. The topological polar surface area (TPSA) is 38.9 Å². The quantitative estimate of drug-likeness (QED) is 0.183. The zero-order chi connectivity index (χ0) is 32.3. The minimum Gasteiger partial charge on any atom is -0.438 e. The lowest BCUT2D eigenvalue weighted by atomic mass is 9.92. The maximum atomic E-state index is 6.53. The molecule has 0 spiro atoms. The molecular weight excluding hydrogens is 597 g/mol. The lowest BCUT2D eigenvalue weighted by Gasteiger charge is -2.12. The molecule has 228 valence electrons. The van der Waals surface area contributed by atoms with Crippen LogP contribution in [0.4, 0.5) is 0 Å². The SMILES string of the molecule is c1ccc(-c2ccc3c(c2)oc2nc(-c4cccc(-c5ccc6c7ccccc7c7ccccc7c6c5)c4)nc(-c4ccccc4)c23)cc1. The molecule has 0 aliphatic heterocycles. The van der Waals surface area contributed by atoms with E-state index in [4.69, 9.17) is 14.4 Å². The minimum absolute atomic E-state index is 0.582. The summed E-state index contributed by atoms with van der Waals surface area (Å²) in [5, 5.41) is 9.52. The fraction of sp³-hybridized carbons (Fsp3) is 0. The Kier molecular flexibility index (Phi) is 6.18. The molecule has 0 aliphatic carbocycles. The van der Waals surface area contributed by atoms with Gasteiger partial charge >= 0.3 is 0 Å². The number of hydrogen-bond donors (Lipinski definition) is 0.